The maximum absolute atomic E-state index is 9.08. The highest BCUT2D eigenvalue weighted by Crippen LogP contribution is 2.38. The lowest BCUT2D eigenvalue weighted by Gasteiger charge is -2.04. The Morgan fingerprint density at radius 3 is 2.86 bits per heavy atom. The van der Waals surface area contributed by atoms with Gasteiger partial charge in [0.1, 0.15) is 17.3 Å². The van der Waals surface area contributed by atoms with Gasteiger partial charge in [-0.05, 0) is 32.1 Å². The van der Waals surface area contributed by atoms with Crippen molar-refractivity contribution in [3.63, 3.8) is 0 Å². The van der Waals surface area contributed by atoms with Crippen LogP contribution in [0.4, 0.5) is 0 Å². The Bertz CT molecular complexity index is 668. The minimum Gasteiger partial charge on any atom is -0.360 e. The fourth-order valence-corrected chi connectivity index (χ4v) is 3.01. The van der Waals surface area contributed by atoms with Gasteiger partial charge in [0.25, 0.3) is 0 Å². The third-order valence-electron chi connectivity index (χ3n) is 4.33. The lowest BCUT2D eigenvalue weighted by Crippen LogP contribution is -1.98. The van der Waals surface area contributed by atoms with Crippen LogP contribution in [0, 0.1) is 24.2 Å². The lowest BCUT2D eigenvalue weighted by atomic mass is 10.0. The Labute approximate surface area is 123 Å². The average molecular weight is 286 g/mol. The molecule has 0 spiro atoms. The molecule has 2 aromatic heterocycles. The summed E-state index contributed by atoms with van der Waals surface area (Å²) in [5.74, 6) is 2.99. The van der Waals surface area contributed by atoms with E-state index in [2.05, 4.69) is 28.3 Å². The summed E-state index contributed by atoms with van der Waals surface area (Å²) in [5, 5.41) is 17.1. The Hall–Kier alpha value is -2.16. The summed E-state index contributed by atoms with van der Waals surface area (Å²) in [6.45, 7) is 3.95. The van der Waals surface area contributed by atoms with Crippen LogP contribution >= 0.6 is 0 Å². The van der Waals surface area contributed by atoms with Gasteiger partial charge in [0, 0.05) is 5.92 Å². The van der Waals surface area contributed by atoms with Gasteiger partial charge in [-0.2, -0.15) is 10.2 Å². The molecule has 0 bridgehead atoms. The molecule has 2 unspecified atom stereocenters. The summed E-state index contributed by atoms with van der Waals surface area (Å²) in [7, 11) is 0. The van der Waals surface area contributed by atoms with Gasteiger partial charge in [0.05, 0.1) is 6.42 Å². The minimum absolute atomic E-state index is 0.344. The monoisotopic (exact) mass is 286 g/mol. The quantitative estimate of drug-likeness (QED) is 0.857. The smallest absolute Gasteiger partial charge is 0.232 e. The molecule has 1 saturated carbocycles. The second kappa shape index (κ2) is 5.68. The molecule has 6 nitrogen and oxygen atoms in total. The van der Waals surface area contributed by atoms with E-state index < -0.39 is 0 Å². The van der Waals surface area contributed by atoms with Gasteiger partial charge in [-0.15, -0.1) is 0 Å². The van der Waals surface area contributed by atoms with E-state index in [1.54, 1.807) is 6.92 Å². The zero-order chi connectivity index (χ0) is 14.8. The van der Waals surface area contributed by atoms with Gasteiger partial charge >= 0.3 is 0 Å². The van der Waals surface area contributed by atoms with Crippen molar-refractivity contribution in [1.29, 1.82) is 5.26 Å². The molecule has 3 rings (SSSR count). The van der Waals surface area contributed by atoms with Crippen molar-refractivity contribution in [1.82, 2.24) is 15.3 Å². The molecule has 110 valence electrons. The zero-order valence-corrected chi connectivity index (χ0v) is 12.3. The summed E-state index contributed by atoms with van der Waals surface area (Å²) < 4.78 is 10.3. The molecule has 0 radical (unpaired) electrons. The first-order valence-electron chi connectivity index (χ1n) is 7.39. The Morgan fingerprint density at radius 2 is 2.14 bits per heavy atom. The van der Waals surface area contributed by atoms with Crippen molar-refractivity contribution in [2.75, 3.05) is 0 Å². The van der Waals surface area contributed by atoms with Crippen LogP contribution < -0.4 is 0 Å². The molecule has 1 aliphatic rings. The van der Waals surface area contributed by atoms with Gasteiger partial charge in [0.2, 0.25) is 5.89 Å². The number of rotatable bonds is 4. The standard InChI is InChI=1S/C15H18N4O2/c1-3-10-4-5-11(6-10)15-17-14(21-19-15)7-13-12(8-16)9(2)20-18-13/h10-11H,3-7H2,1-2H3. The van der Waals surface area contributed by atoms with Gasteiger partial charge in [-0.25, -0.2) is 0 Å². The van der Waals surface area contributed by atoms with E-state index in [4.69, 9.17) is 14.3 Å². The molecule has 2 heterocycles. The van der Waals surface area contributed by atoms with Crippen molar-refractivity contribution < 1.29 is 9.05 Å². The Kier molecular flexibility index (Phi) is 3.74. The molecule has 0 saturated heterocycles. The van der Waals surface area contributed by atoms with E-state index in [9.17, 15) is 0 Å². The SMILES string of the molecule is CCC1CCC(c2noc(Cc3noc(C)c3C#N)n2)C1. The molecule has 0 aliphatic heterocycles. The molecule has 0 aromatic carbocycles. The van der Waals surface area contributed by atoms with Gasteiger partial charge in [-0.1, -0.05) is 23.7 Å². The molecule has 2 atom stereocenters. The zero-order valence-electron chi connectivity index (χ0n) is 12.3. The predicted octanol–water partition coefficient (Wildman–Crippen LogP) is 3.12. The Morgan fingerprint density at radius 1 is 1.29 bits per heavy atom. The van der Waals surface area contributed by atoms with Crippen LogP contribution in [0.2, 0.25) is 0 Å². The van der Waals surface area contributed by atoms with Crippen molar-refractivity contribution >= 4 is 0 Å². The van der Waals surface area contributed by atoms with Gasteiger partial charge in [0.15, 0.2) is 11.6 Å². The van der Waals surface area contributed by atoms with Crippen molar-refractivity contribution in [2.24, 2.45) is 5.92 Å². The maximum Gasteiger partial charge on any atom is 0.232 e. The van der Waals surface area contributed by atoms with Crippen LogP contribution in [0.3, 0.4) is 0 Å². The van der Waals surface area contributed by atoms with Crippen LogP contribution in [0.25, 0.3) is 0 Å². The molecule has 2 aromatic rings. The summed E-state index contributed by atoms with van der Waals surface area (Å²) in [5.41, 5.74) is 1.02. The first kappa shape index (κ1) is 13.8. The van der Waals surface area contributed by atoms with Crippen molar-refractivity contribution in [3.8, 4) is 6.07 Å². The summed E-state index contributed by atoms with van der Waals surface area (Å²) in [6.07, 6.45) is 5.07. The van der Waals surface area contributed by atoms with E-state index in [0.717, 1.165) is 24.6 Å². The summed E-state index contributed by atoms with van der Waals surface area (Å²) in [4.78, 5) is 4.47. The molecular weight excluding hydrogens is 268 g/mol. The first-order chi connectivity index (χ1) is 10.2. The topological polar surface area (TPSA) is 88.7 Å². The third-order valence-corrected chi connectivity index (χ3v) is 4.33. The lowest BCUT2D eigenvalue weighted by molar-refractivity contribution is 0.365. The Balaban J connectivity index is 1.72. The number of aromatic nitrogens is 3. The highest BCUT2D eigenvalue weighted by atomic mass is 16.5. The fourth-order valence-electron chi connectivity index (χ4n) is 3.01. The molecule has 6 heteroatoms. The molecule has 0 amide bonds. The minimum atomic E-state index is 0.344. The van der Waals surface area contributed by atoms with Crippen LogP contribution in [-0.4, -0.2) is 15.3 Å². The maximum atomic E-state index is 9.08. The van der Waals surface area contributed by atoms with Crippen LogP contribution in [0.5, 0.6) is 0 Å². The molecule has 21 heavy (non-hydrogen) atoms. The fraction of sp³-hybridized carbons (Fsp3) is 0.600. The second-order valence-corrected chi connectivity index (χ2v) is 5.68. The number of nitrogens with zero attached hydrogens (tertiary/aromatic N) is 4. The van der Waals surface area contributed by atoms with Crippen LogP contribution in [0.15, 0.2) is 9.05 Å². The summed E-state index contributed by atoms with van der Waals surface area (Å²) in [6, 6.07) is 2.09. The molecule has 1 fully saturated rings. The van der Waals surface area contributed by atoms with Crippen molar-refractivity contribution in [3.05, 3.63) is 28.7 Å². The largest absolute Gasteiger partial charge is 0.360 e. The normalized spacial score (nSPS) is 21.6. The van der Waals surface area contributed by atoms with E-state index >= 15 is 0 Å². The van der Waals surface area contributed by atoms with Crippen molar-refractivity contribution in [2.45, 2.75) is 51.9 Å². The van der Waals surface area contributed by atoms with Crippen LogP contribution in [0.1, 0.15) is 67.3 Å². The van der Waals surface area contributed by atoms with Gasteiger partial charge < -0.3 is 9.05 Å². The number of hydrogen-bond donors (Lipinski definition) is 0. The van der Waals surface area contributed by atoms with E-state index in [-0.39, 0.29) is 0 Å². The van der Waals surface area contributed by atoms with Gasteiger partial charge in [-0.3, -0.25) is 0 Å². The highest BCUT2D eigenvalue weighted by molar-refractivity contribution is 5.36. The summed E-state index contributed by atoms with van der Waals surface area (Å²) >= 11 is 0. The van der Waals surface area contributed by atoms with Crippen LogP contribution in [-0.2, 0) is 6.42 Å². The number of nitriles is 1. The van der Waals surface area contributed by atoms with E-state index in [1.165, 1.54) is 12.8 Å². The average Bonchev–Trinajstić information content (AvgIpc) is 3.19. The third kappa shape index (κ3) is 2.68. The van der Waals surface area contributed by atoms with E-state index in [1.807, 2.05) is 0 Å². The second-order valence-electron chi connectivity index (χ2n) is 5.68. The number of aryl methyl sites for hydroxylation is 1. The predicted molar refractivity (Wildman–Crippen MR) is 73.4 cm³/mol. The first-order valence-corrected chi connectivity index (χ1v) is 7.39. The molecular formula is C15H18N4O2. The van der Waals surface area contributed by atoms with E-state index in [0.29, 0.717) is 35.2 Å². The molecule has 1 aliphatic carbocycles. The number of hydrogen-bond acceptors (Lipinski definition) is 6. The molecule has 0 N–H and O–H groups in total. The highest BCUT2D eigenvalue weighted by Gasteiger charge is 2.28.